The van der Waals surface area contributed by atoms with Crippen LogP contribution in [0.15, 0.2) is 53.4 Å². The van der Waals surface area contributed by atoms with Crippen LogP contribution in [0, 0.1) is 11.8 Å². The minimum absolute atomic E-state index is 0.0512. The summed E-state index contributed by atoms with van der Waals surface area (Å²) in [5.74, 6) is 1.45. The van der Waals surface area contributed by atoms with E-state index in [-0.39, 0.29) is 22.5 Å². The summed E-state index contributed by atoms with van der Waals surface area (Å²) >= 11 is 0. The van der Waals surface area contributed by atoms with Gasteiger partial charge in [0.25, 0.3) is 0 Å². The highest BCUT2D eigenvalue weighted by molar-refractivity contribution is 7.87. The monoisotopic (exact) mass is 431 g/mol. The third-order valence-electron chi connectivity index (χ3n) is 5.18. The Morgan fingerprint density at radius 2 is 1.80 bits per heavy atom. The third-order valence-corrected chi connectivity index (χ3v) is 6.44. The molecule has 0 radical (unpaired) electrons. The van der Waals surface area contributed by atoms with E-state index in [1.807, 2.05) is 11.0 Å². The summed E-state index contributed by atoms with van der Waals surface area (Å²) in [5.41, 5.74) is 0.839. The molecule has 1 aliphatic carbocycles. The summed E-state index contributed by atoms with van der Waals surface area (Å²) in [7, 11) is -2.45. The molecule has 162 valence electrons. The molecule has 7 heteroatoms. The number of carbonyl (C=O) groups is 1. The highest BCUT2D eigenvalue weighted by Gasteiger charge is 2.29. The fraction of sp³-hybridized carbons (Fsp3) is 0.435. The first kappa shape index (κ1) is 22.2. The van der Waals surface area contributed by atoms with Crippen LogP contribution in [0.1, 0.15) is 38.7 Å². The minimum atomic E-state index is -3.96. The van der Waals surface area contributed by atoms with Crippen LogP contribution in [0.3, 0.4) is 0 Å². The molecule has 0 saturated heterocycles. The molecule has 3 rings (SSSR count). The Hall–Kier alpha value is -2.54. The maximum Gasteiger partial charge on any atom is 0.339 e. The van der Waals surface area contributed by atoms with Crippen LogP contribution in [0.25, 0.3) is 0 Å². The van der Waals surface area contributed by atoms with Gasteiger partial charge in [-0.25, -0.2) is 0 Å². The molecule has 0 aromatic heterocycles. The van der Waals surface area contributed by atoms with Crippen LogP contribution in [-0.4, -0.2) is 32.9 Å². The molecule has 0 unspecified atom stereocenters. The van der Waals surface area contributed by atoms with Gasteiger partial charge in [-0.1, -0.05) is 32.4 Å². The molecular formula is C23H29NO5S. The lowest BCUT2D eigenvalue weighted by Gasteiger charge is -2.33. The van der Waals surface area contributed by atoms with Crippen molar-refractivity contribution in [1.82, 2.24) is 4.90 Å². The molecule has 0 aliphatic heterocycles. The lowest BCUT2D eigenvalue weighted by Crippen LogP contribution is -2.40. The van der Waals surface area contributed by atoms with Gasteiger partial charge in [0.1, 0.15) is 16.4 Å². The molecule has 0 atom stereocenters. The van der Waals surface area contributed by atoms with Gasteiger partial charge in [-0.05, 0) is 60.7 Å². The van der Waals surface area contributed by atoms with Crippen LogP contribution in [0.4, 0.5) is 0 Å². The van der Waals surface area contributed by atoms with Gasteiger partial charge in [0.2, 0.25) is 5.91 Å². The fourth-order valence-electron chi connectivity index (χ4n) is 3.42. The van der Waals surface area contributed by atoms with Crippen molar-refractivity contribution in [2.75, 3.05) is 13.7 Å². The van der Waals surface area contributed by atoms with Gasteiger partial charge < -0.3 is 13.8 Å². The van der Waals surface area contributed by atoms with E-state index in [4.69, 9.17) is 8.92 Å². The average molecular weight is 432 g/mol. The van der Waals surface area contributed by atoms with Crippen LogP contribution in [0.2, 0.25) is 0 Å². The Morgan fingerprint density at radius 3 is 2.37 bits per heavy atom. The number of methoxy groups -OCH3 is 1. The molecule has 2 aromatic carbocycles. The van der Waals surface area contributed by atoms with E-state index in [9.17, 15) is 13.2 Å². The Labute approximate surface area is 178 Å². The highest BCUT2D eigenvalue weighted by atomic mass is 32.2. The summed E-state index contributed by atoms with van der Waals surface area (Å²) in [6, 6.07) is 12.9. The van der Waals surface area contributed by atoms with Crippen molar-refractivity contribution in [3.8, 4) is 11.5 Å². The van der Waals surface area contributed by atoms with Crippen molar-refractivity contribution >= 4 is 16.0 Å². The molecule has 1 saturated carbocycles. The summed E-state index contributed by atoms with van der Waals surface area (Å²) in [6.07, 6.45) is 3.02. The number of rotatable bonds is 9. The number of hydrogen-bond acceptors (Lipinski definition) is 5. The average Bonchev–Trinajstić information content (AvgIpc) is 2.66. The van der Waals surface area contributed by atoms with Crippen molar-refractivity contribution in [2.45, 2.75) is 44.6 Å². The van der Waals surface area contributed by atoms with Gasteiger partial charge in [-0.15, -0.1) is 0 Å². The maximum atomic E-state index is 12.8. The van der Waals surface area contributed by atoms with E-state index in [0.717, 1.165) is 24.8 Å². The van der Waals surface area contributed by atoms with E-state index in [0.29, 0.717) is 24.8 Å². The number of carbonyl (C=O) groups excluding carboxylic acids is 1. The second kappa shape index (κ2) is 9.51. The van der Waals surface area contributed by atoms with Crippen LogP contribution in [0.5, 0.6) is 11.5 Å². The summed E-state index contributed by atoms with van der Waals surface area (Å²) < 4.78 is 35.6. The molecule has 0 spiro atoms. The molecule has 0 N–H and O–H groups in total. The predicted octanol–water partition coefficient (Wildman–Crippen LogP) is 4.25. The lowest BCUT2D eigenvalue weighted by molar-refractivity contribution is -0.139. The zero-order valence-electron chi connectivity index (χ0n) is 17.7. The molecule has 0 bridgehead atoms. The van der Waals surface area contributed by atoms with Gasteiger partial charge in [-0.3, -0.25) is 4.79 Å². The first-order valence-corrected chi connectivity index (χ1v) is 11.7. The molecule has 1 aliphatic rings. The quantitative estimate of drug-likeness (QED) is 0.555. The fourth-order valence-corrected chi connectivity index (χ4v) is 4.34. The Kier molecular flexibility index (Phi) is 7.02. The standard InChI is InChI=1S/C23H29NO5S/c1-17(2)15-24(23(25)19-7-5-8-19)16-18-6-4-9-21(14-18)29-30(26,27)22-12-10-20(28-3)11-13-22/h4,6,9-14,17,19H,5,7-8,15-16H2,1-3H3. The Morgan fingerprint density at radius 1 is 1.10 bits per heavy atom. The van der Waals surface area contributed by atoms with Crippen LogP contribution < -0.4 is 8.92 Å². The second-order valence-electron chi connectivity index (χ2n) is 8.10. The maximum absolute atomic E-state index is 12.8. The van der Waals surface area contributed by atoms with Gasteiger partial charge >= 0.3 is 10.1 Å². The SMILES string of the molecule is COc1ccc(S(=O)(=O)Oc2cccc(CN(CC(C)C)C(=O)C3CCC3)c2)cc1. The van der Waals surface area contributed by atoms with E-state index < -0.39 is 10.1 Å². The number of ether oxygens (including phenoxy) is 1. The molecule has 1 fully saturated rings. The number of hydrogen-bond donors (Lipinski definition) is 0. The zero-order valence-corrected chi connectivity index (χ0v) is 18.5. The number of benzene rings is 2. The molecule has 1 amide bonds. The minimum Gasteiger partial charge on any atom is -0.497 e. The molecule has 6 nitrogen and oxygen atoms in total. The Balaban J connectivity index is 1.74. The molecule has 0 heterocycles. The largest absolute Gasteiger partial charge is 0.497 e. The predicted molar refractivity (Wildman–Crippen MR) is 115 cm³/mol. The number of nitrogens with zero attached hydrogens (tertiary/aromatic N) is 1. The zero-order chi connectivity index (χ0) is 21.7. The first-order valence-electron chi connectivity index (χ1n) is 10.2. The van der Waals surface area contributed by atoms with Crippen molar-refractivity contribution in [3.05, 3.63) is 54.1 Å². The highest BCUT2D eigenvalue weighted by Crippen LogP contribution is 2.29. The van der Waals surface area contributed by atoms with E-state index >= 15 is 0 Å². The summed E-state index contributed by atoms with van der Waals surface area (Å²) in [6.45, 7) is 5.28. The molecule has 2 aromatic rings. The second-order valence-corrected chi connectivity index (χ2v) is 9.65. The van der Waals surface area contributed by atoms with Gasteiger partial charge in [0.05, 0.1) is 7.11 Å². The molecule has 30 heavy (non-hydrogen) atoms. The van der Waals surface area contributed by atoms with Gasteiger partial charge in [0.15, 0.2) is 0 Å². The van der Waals surface area contributed by atoms with E-state index in [1.165, 1.54) is 19.2 Å². The smallest absolute Gasteiger partial charge is 0.339 e. The summed E-state index contributed by atoms with van der Waals surface area (Å²) in [5, 5.41) is 0. The topological polar surface area (TPSA) is 72.9 Å². The van der Waals surface area contributed by atoms with E-state index in [1.54, 1.807) is 30.3 Å². The lowest BCUT2D eigenvalue weighted by atomic mass is 9.84. The van der Waals surface area contributed by atoms with Crippen molar-refractivity contribution in [2.24, 2.45) is 11.8 Å². The van der Waals surface area contributed by atoms with E-state index in [2.05, 4.69) is 13.8 Å². The molecular weight excluding hydrogens is 402 g/mol. The van der Waals surface area contributed by atoms with Crippen molar-refractivity contribution in [3.63, 3.8) is 0 Å². The van der Waals surface area contributed by atoms with Crippen LogP contribution >= 0.6 is 0 Å². The van der Waals surface area contributed by atoms with Crippen molar-refractivity contribution in [1.29, 1.82) is 0 Å². The van der Waals surface area contributed by atoms with Gasteiger partial charge in [-0.2, -0.15) is 8.42 Å². The van der Waals surface area contributed by atoms with Gasteiger partial charge in [0, 0.05) is 19.0 Å². The van der Waals surface area contributed by atoms with Crippen molar-refractivity contribution < 1.29 is 22.1 Å². The summed E-state index contributed by atoms with van der Waals surface area (Å²) in [4.78, 5) is 14.7. The number of amides is 1. The normalized spacial score (nSPS) is 14.3. The first-order chi connectivity index (χ1) is 14.3. The van der Waals surface area contributed by atoms with Crippen LogP contribution in [-0.2, 0) is 21.5 Å². The Bertz CT molecular complexity index is 965. The third kappa shape index (κ3) is 5.53.